The molecule has 0 saturated carbocycles. The van der Waals surface area contributed by atoms with Gasteiger partial charge in [0.2, 0.25) is 6.10 Å². The van der Waals surface area contributed by atoms with Gasteiger partial charge in [0.1, 0.15) is 6.61 Å². The summed E-state index contributed by atoms with van der Waals surface area (Å²) < 4.78 is 20.2. The average Bonchev–Trinajstić information content (AvgIpc) is 3.04. The smallest absolute Gasteiger partial charge is 0.292 e. The first kappa shape index (κ1) is 19.7. The van der Waals surface area contributed by atoms with Gasteiger partial charge in [-0.15, -0.1) is 0 Å². The molecule has 3 aromatic rings. The summed E-state index contributed by atoms with van der Waals surface area (Å²) in [4.78, 5) is 17.9. The van der Waals surface area contributed by atoms with Crippen LogP contribution in [-0.2, 0) is 16.1 Å². The van der Waals surface area contributed by atoms with Crippen molar-refractivity contribution in [2.45, 2.75) is 33.4 Å². The third-order valence-corrected chi connectivity index (χ3v) is 5.99. The molecule has 0 radical (unpaired) electrons. The highest BCUT2D eigenvalue weighted by Gasteiger charge is 2.27. The van der Waals surface area contributed by atoms with Crippen LogP contribution in [0.25, 0.3) is 10.2 Å². The summed E-state index contributed by atoms with van der Waals surface area (Å²) in [5.41, 5.74) is 3.49. The van der Waals surface area contributed by atoms with E-state index in [1.54, 1.807) is 6.07 Å². The van der Waals surface area contributed by atoms with E-state index in [2.05, 4.69) is 35.5 Å². The summed E-state index contributed by atoms with van der Waals surface area (Å²) in [5, 5.41) is 0. The van der Waals surface area contributed by atoms with Crippen molar-refractivity contribution in [1.29, 1.82) is 0 Å². The third kappa shape index (κ3) is 4.06. The fraction of sp³-hybridized carbons (Fsp3) is 0.364. The van der Waals surface area contributed by atoms with Crippen molar-refractivity contribution in [3.05, 3.63) is 52.3 Å². The molecule has 0 saturated heterocycles. The van der Waals surface area contributed by atoms with Crippen molar-refractivity contribution in [1.82, 2.24) is 4.57 Å². The van der Waals surface area contributed by atoms with Crippen molar-refractivity contribution in [2.75, 3.05) is 19.8 Å². The predicted molar refractivity (Wildman–Crippen MR) is 113 cm³/mol. The maximum atomic E-state index is 12.9. The number of benzene rings is 2. The standard InChI is InChI=1S/C22H24N2O4S/c1-4-26-10-9-24-16-11-14(2)15(3)12-20(16)29-22(24)23-21(25)19-13-27-17-7-5-6-8-18(17)28-19/h5-8,11-12,19H,4,9-10,13H2,1-3H3. The van der Waals surface area contributed by atoms with Gasteiger partial charge in [0.15, 0.2) is 16.3 Å². The van der Waals surface area contributed by atoms with Gasteiger partial charge in [-0.05, 0) is 56.2 Å². The second-order valence-corrected chi connectivity index (χ2v) is 7.96. The zero-order valence-corrected chi connectivity index (χ0v) is 17.6. The molecule has 7 heteroatoms. The second kappa shape index (κ2) is 8.39. The molecule has 0 aliphatic carbocycles. The predicted octanol–water partition coefficient (Wildman–Crippen LogP) is 3.62. The minimum atomic E-state index is -0.751. The Hall–Kier alpha value is -2.64. The van der Waals surface area contributed by atoms with Gasteiger partial charge in [0.05, 0.1) is 16.8 Å². The number of amides is 1. The highest BCUT2D eigenvalue weighted by molar-refractivity contribution is 7.16. The van der Waals surface area contributed by atoms with Crippen molar-refractivity contribution in [3.63, 3.8) is 0 Å². The molecule has 1 amide bonds. The highest BCUT2D eigenvalue weighted by Crippen LogP contribution is 2.31. The topological polar surface area (TPSA) is 62.1 Å². The van der Waals surface area contributed by atoms with E-state index in [0.29, 0.717) is 36.1 Å². The number of hydrogen-bond donors (Lipinski definition) is 0. The number of carbonyl (C=O) groups is 1. The van der Waals surface area contributed by atoms with Crippen LogP contribution in [0.2, 0.25) is 0 Å². The Morgan fingerprint density at radius 1 is 1.24 bits per heavy atom. The maximum Gasteiger partial charge on any atom is 0.292 e. The monoisotopic (exact) mass is 412 g/mol. The number of aromatic nitrogens is 1. The number of thiazole rings is 1. The molecule has 29 heavy (non-hydrogen) atoms. The first-order chi connectivity index (χ1) is 14.1. The van der Waals surface area contributed by atoms with Gasteiger partial charge < -0.3 is 18.8 Å². The minimum absolute atomic E-state index is 0.154. The van der Waals surface area contributed by atoms with Crippen LogP contribution in [0.3, 0.4) is 0 Å². The molecular formula is C22H24N2O4S. The zero-order chi connectivity index (χ0) is 20.4. The molecule has 0 spiro atoms. The van der Waals surface area contributed by atoms with Gasteiger partial charge >= 0.3 is 0 Å². The molecule has 0 N–H and O–H groups in total. The second-order valence-electron chi connectivity index (χ2n) is 6.95. The van der Waals surface area contributed by atoms with Crippen LogP contribution >= 0.6 is 11.3 Å². The Balaban J connectivity index is 1.69. The van der Waals surface area contributed by atoms with Crippen molar-refractivity contribution in [3.8, 4) is 11.5 Å². The first-order valence-corrected chi connectivity index (χ1v) is 10.5. The number of hydrogen-bond acceptors (Lipinski definition) is 5. The van der Waals surface area contributed by atoms with E-state index >= 15 is 0 Å². The van der Waals surface area contributed by atoms with Gasteiger partial charge in [0, 0.05) is 13.2 Å². The van der Waals surface area contributed by atoms with Crippen LogP contribution in [0.4, 0.5) is 0 Å². The first-order valence-electron chi connectivity index (χ1n) is 9.72. The summed E-state index contributed by atoms with van der Waals surface area (Å²) in [6.45, 7) is 8.15. The number of fused-ring (bicyclic) bond motifs is 2. The molecule has 0 fully saturated rings. The maximum absolute atomic E-state index is 12.9. The summed E-state index contributed by atoms with van der Waals surface area (Å²) in [7, 11) is 0. The lowest BCUT2D eigenvalue weighted by Gasteiger charge is -2.23. The minimum Gasteiger partial charge on any atom is -0.485 e. The lowest BCUT2D eigenvalue weighted by molar-refractivity contribution is -0.127. The zero-order valence-electron chi connectivity index (χ0n) is 16.8. The van der Waals surface area contributed by atoms with E-state index < -0.39 is 6.10 Å². The largest absolute Gasteiger partial charge is 0.485 e. The Morgan fingerprint density at radius 3 is 2.79 bits per heavy atom. The van der Waals surface area contributed by atoms with E-state index in [1.165, 1.54) is 22.5 Å². The fourth-order valence-electron chi connectivity index (χ4n) is 3.23. The molecule has 1 unspecified atom stereocenters. The van der Waals surface area contributed by atoms with Crippen LogP contribution in [0.5, 0.6) is 11.5 Å². The van der Waals surface area contributed by atoms with Crippen molar-refractivity contribution in [2.24, 2.45) is 4.99 Å². The Bertz CT molecular complexity index is 1120. The van der Waals surface area contributed by atoms with Crippen LogP contribution in [0, 0.1) is 13.8 Å². The van der Waals surface area contributed by atoms with Crippen LogP contribution in [0.15, 0.2) is 41.4 Å². The molecule has 2 aromatic carbocycles. The number of nitrogens with zero attached hydrogens (tertiary/aromatic N) is 2. The Labute approximate surface area is 173 Å². The van der Waals surface area contributed by atoms with Gasteiger partial charge in [0.25, 0.3) is 5.91 Å². The Kier molecular flexibility index (Phi) is 5.69. The highest BCUT2D eigenvalue weighted by atomic mass is 32.1. The van der Waals surface area contributed by atoms with Gasteiger partial charge in [-0.25, -0.2) is 0 Å². The van der Waals surface area contributed by atoms with E-state index in [0.717, 1.165) is 10.2 Å². The van der Waals surface area contributed by atoms with Gasteiger partial charge in [-0.1, -0.05) is 23.5 Å². The molecule has 1 aliphatic heterocycles. The number of rotatable bonds is 5. The van der Waals surface area contributed by atoms with Gasteiger partial charge in [-0.2, -0.15) is 4.99 Å². The molecule has 4 rings (SSSR count). The summed E-state index contributed by atoms with van der Waals surface area (Å²) in [6.07, 6.45) is -0.751. The number of aryl methyl sites for hydroxylation is 2. The molecule has 1 atom stereocenters. The molecule has 0 bridgehead atoms. The molecular weight excluding hydrogens is 388 g/mol. The van der Waals surface area contributed by atoms with E-state index in [-0.39, 0.29) is 12.5 Å². The number of carbonyl (C=O) groups excluding carboxylic acids is 1. The number of para-hydroxylation sites is 2. The lowest BCUT2D eigenvalue weighted by Crippen LogP contribution is -2.37. The molecule has 152 valence electrons. The van der Waals surface area contributed by atoms with Crippen LogP contribution < -0.4 is 14.3 Å². The molecule has 1 aliphatic rings. The van der Waals surface area contributed by atoms with Gasteiger partial charge in [-0.3, -0.25) is 4.79 Å². The molecule has 6 nitrogen and oxygen atoms in total. The van der Waals surface area contributed by atoms with E-state index in [4.69, 9.17) is 14.2 Å². The van der Waals surface area contributed by atoms with E-state index in [1.807, 2.05) is 25.1 Å². The molecule has 1 aromatic heterocycles. The summed E-state index contributed by atoms with van der Waals surface area (Å²) in [5.74, 6) is 0.875. The summed E-state index contributed by atoms with van der Waals surface area (Å²) >= 11 is 1.51. The van der Waals surface area contributed by atoms with E-state index in [9.17, 15) is 4.79 Å². The van der Waals surface area contributed by atoms with Crippen LogP contribution in [0.1, 0.15) is 18.1 Å². The number of ether oxygens (including phenoxy) is 3. The quantitative estimate of drug-likeness (QED) is 0.601. The third-order valence-electron chi connectivity index (χ3n) is 4.95. The Morgan fingerprint density at radius 2 is 2.00 bits per heavy atom. The normalized spacial score (nSPS) is 16.4. The lowest BCUT2D eigenvalue weighted by atomic mass is 10.1. The fourth-order valence-corrected chi connectivity index (χ4v) is 4.37. The molecule has 2 heterocycles. The summed E-state index contributed by atoms with van der Waals surface area (Å²) in [6, 6.07) is 11.6. The van der Waals surface area contributed by atoms with Crippen molar-refractivity contribution >= 4 is 27.5 Å². The van der Waals surface area contributed by atoms with Crippen molar-refractivity contribution < 1.29 is 19.0 Å². The SMILES string of the molecule is CCOCCn1c(=NC(=O)C2COc3ccccc3O2)sc2cc(C)c(C)cc21. The van der Waals surface area contributed by atoms with Crippen LogP contribution in [-0.4, -0.2) is 36.4 Å². The average molecular weight is 413 g/mol.